The number of benzene rings is 2. The first-order valence-corrected chi connectivity index (χ1v) is 9.54. The Bertz CT molecular complexity index is 696. The largest absolute Gasteiger partial charge is 0.493 e. The van der Waals surface area contributed by atoms with Crippen molar-refractivity contribution in [2.45, 2.75) is 32.0 Å². The Morgan fingerprint density at radius 3 is 2.37 bits per heavy atom. The van der Waals surface area contributed by atoms with E-state index in [4.69, 9.17) is 14.2 Å². The average molecular weight is 370 g/mol. The zero-order valence-electron chi connectivity index (χ0n) is 16.5. The van der Waals surface area contributed by atoms with Gasteiger partial charge < -0.3 is 19.5 Å². The quantitative estimate of drug-likeness (QED) is 0.771. The van der Waals surface area contributed by atoms with Crippen molar-refractivity contribution in [3.05, 3.63) is 53.6 Å². The molecule has 2 aromatic carbocycles. The normalized spacial score (nSPS) is 17.5. The van der Waals surface area contributed by atoms with E-state index in [2.05, 4.69) is 22.3 Å². The molecular formula is C22H30N2O3. The highest BCUT2D eigenvalue weighted by molar-refractivity contribution is 5.54. The van der Waals surface area contributed by atoms with E-state index in [-0.39, 0.29) is 0 Å². The van der Waals surface area contributed by atoms with E-state index in [1.54, 1.807) is 14.2 Å². The van der Waals surface area contributed by atoms with Gasteiger partial charge in [0.25, 0.3) is 0 Å². The molecular weight excluding hydrogens is 340 g/mol. The summed E-state index contributed by atoms with van der Waals surface area (Å²) >= 11 is 0. The Balaban J connectivity index is 1.75. The van der Waals surface area contributed by atoms with Crippen LogP contribution >= 0.6 is 0 Å². The van der Waals surface area contributed by atoms with Gasteiger partial charge >= 0.3 is 0 Å². The SMILES string of the molecule is CNC1CCCN(Cc2cc(OC)c(OCc3ccccc3)c(OC)c2)C1. The van der Waals surface area contributed by atoms with Crippen LogP contribution in [0, 0.1) is 0 Å². The number of likely N-dealkylation sites (tertiary alicyclic amines) is 1. The number of hydrogen-bond acceptors (Lipinski definition) is 5. The van der Waals surface area contributed by atoms with Gasteiger partial charge in [-0.25, -0.2) is 0 Å². The molecule has 2 aromatic rings. The van der Waals surface area contributed by atoms with E-state index in [9.17, 15) is 0 Å². The third-order valence-electron chi connectivity index (χ3n) is 5.07. The van der Waals surface area contributed by atoms with Crippen molar-refractivity contribution in [3.63, 3.8) is 0 Å². The lowest BCUT2D eigenvalue weighted by molar-refractivity contribution is 0.187. The molecule has 0 bridgehead atoms. The number of hydrogen-bond donors (Lipinski definition) is 1. The third kappa shape index (κ3) is 5.15. The Hall–Kier alpha value is -2.24. The fourth-order valence-electron chi connectivity index (χ4n) is 3.59. The lowest BCUT2D eigenvalue weighted by atomic mass is 10.0. The molecule has 1 saturated heterocycles. The van der Waals surface area contributed by atoms with E-state index < -0.39 is 0 Å². The molecule has 0 spiro atoms. The monoisotopic (exact) mass is 370 g/mol. The summed E-state index contributed by atoms with van der Waals surface area (Å²) in [6.45, 7) is 3.54. The molecule has 146 valence electrons. The molecule has 0 saturated carbocycles. The van der Waals surface area contributed by atoms with Gasteiger partial charge in [-0.05, 0) is 49.7 Å². The van der Waals surface area contributed by atoms with Gasteiger partial charge in [0.15, 0.2) is 11.5 Å². The minimum Gasteiger partial charge on any atom is -0.493 e. The Morgan fingerprint density at radius 1 is 1.04 bits per heavy atom. The third-order valence-corrected chi connectivity index (χ3v) is 5.07. The number of rotatable bonds is 8. The van der Waals surface area contributed by atoms with Crippen LogP contribution in [-0.2, 0) is 13.2 Å². The van der Waals surface area contributed by atoms with Crippen molar-refractivity contribution >= 4 is 0 Å². The van der Waals surface area contributed by atoms with Crippen LogP contribution in [0.25, 0.3) is 0 Å². The van der Waals surface area contributed by atoms with E-state index in [1.807, 2.05) is 37.4 Å². The zero-order chi connectivity index (χ0) is 19.1. The second-order valence-electron chi connectivity index (χ2n) is 6.97. The fourth-order valence-corrected chi connectivity index (χ4v) is 3.59. The van der Waals surface area contributed by atoms with Crippen molar-refractivity contribution in [2.24, 2.45) is 0 Å². The maximum atomic E-state index is 6.04. The molecule has 0 aliphatic carbocycles. The lowest BCUT2D eigenvalue weighted by Crippen LogP contribution is -2.43. The van der Waals surface area contributed by atoms with Crippen LogP contribution in [0.4, 0.5) is 0 Å². The van der Waals surface area contributed by atoms with Crippen LogP contribution < -0.4 is 19.5 Å². The van der Waals surface area contributed by atoms with E-state index in [0.717, 1.165) is 25.2 Å². The molecule has 0 radical (unpaired) electrons. The molecule has 0 amide bonds. The van der Waals surface area contributed by atoms with Gasteiger partial charge in [0.1, 0.15) is 6.61 Å². The summed E-state index contributed by atoms with van der Waals surface area (Å²) in [5.41, 5.74) is 2.28. The number of piperidine rings is 1. The molecule has 1 aliphatic heterocycles. The molecule has 27 heavy (non-hydrogen) atoms. The van der Waals surface area contributed by atoms with Crippen LogP contribution in [0.1, 0.15) is 24.0 Å². The minimum absolute atomic E-state index is 0.475. The predicted octanol–water partition coefficient (Wildman–Crippen LogP) is 3.47. The number of ether oxygens (including phenoxy) is 3. The van der Waals surface area contributed by atoms with E-state index >= 15 is 0 Å². The molecule has 5 nitrogen and oxygen atoms in total. The van der Waals surface area contributed by atoms with Crippen LogP contribution in [0.5, 0.6) is 17.2 Å². The van der Waals surface area contributed by atoms with Crippen molar-refractivity contribution in [3.8, 4) is 17.2 Å². The van der Waals surface area contributed by atoms with Crippen LogP contribution in [0.3, 0.4) is 0 Å². The van der Waals surface area contributed by atoms with E-state index in [0.29, 0.717) is 29.9 Å². The van der Waals surface area contributed by atoms with Gasteiger partial charge in [0.2, 0.25) is 5.75 Å². The van der Waals surface area contributed by atoms with Crippen LogP contribution in [0.2, 0.25) is 0 Å². The minimum atomic E-state index is 0.475. The first-order chi connectivity index (χ1) is 13.2. The first-order valence-electron chi connectivity index (χ1n) is 9.54. The molecule has 1 N–H and O–H groups in total. The lowest BCUT2D eigenvalue weighted by Gasteiger charge is -2.32. The maximum absolute atomic E-state index is 6.04. The second-order valence-corrected chi connectivity index (χ2v) is 6.97. The molecule has 1 aliphatic rings. The van der Waals surface area contributed by atoms with Gasteiger partial charge in [-0.2, -0.15) is 0 Å². The molecule has 5 heteroatoms. The van der Waals surface area contributed by atoms with Crippen molar-refractivity contribution in [1.82, 2.24) is 10.2 Å². The Morgan fingerprint density at radius 2 is 1.74 bits per heavy atom. The van der Waals surface area contributed by atoms with Crippen molar-refractivity contribution in [2.75, 3.05) is 34.4 Å². The van der Waals surface area contributed by atoms with Gasteiger partial charge in [0, 0.05) is 19.1 Å². The maximum Gasteiger partial charge on any atom is 0.203 e. The number of likely N-dealkylation sites (N-methyl/N-ethyl adjacent to an activating group) is 1. The highest BCUT2D eigenvalue weighted by Gasteiger charge is 2.20. The number of nitrogens with one attached hydrogen (secondary N) is 1. The number of methoxy groups -OCH3 is 2. The smallest absolute Gasteiger partial charge is 0.203 e. The molecule has 1 atom stereocenters. The summed E-state index contributed by atoms with van der Waals surface area (Å²) in [6, 6.07) is 14.8. The summed E-state index contributed by atoms with van der Waals surface area (Å²) in [5, 5.41) is 3.40. The molecule has 1 unspecified atom stereocenters. The average Bonchev–Trinajstić information content (AvgIpc) is 2.73. The van der Waals surface area contributed by atoms with Crippen LogP contribution in [0.15, 0.2) is 42.5 Å². The predicted molar refractivity (Wildman–Crippen MR) is 108 cm³/mol. The molecule has 1 fully saturated rings. The molecule has 3 rings (SSSR count). The van der Waals surface area contributed by atoms with Crippen molar-refractivity contribution < 1.29 is 14.2 Å². The van der Waals surface area contributed by atoms with Gasteiger partial charge in [-0.1, -0.05) is 30.3 Å². The summed E-state index contributed by atoms with van der Waals surface area (Å²) < 4.78 is 17.3. The second kappa shape index (κ2) is 9.62. The Kier molecular flexibility index (Phi) is 6.96. The first kappa shape index (κ1) is 19.5. The standard InChI is InChI=1S/C22H30N2O3/c1-23-19-10-7-11-24(15-19)14-18-12-20(25-2)22(21(13-18)26-3)27-16-17-8-5-4-6-9-17/h4-6,8-9,12-13,19,23H,7,10-11,14-16H2,1-3H3. The van der Waals surface area contributed by atoms with Gasteiger partial charge in [-0.3, -0.25) is 4.90 Å². The zero-order valence-corrected chi connectivity index (χ0v) is 16.5. The summed E-state index contributed by atoms with van der Waals surface area (Å²) in [5.74, 6) is 2.07. The van der Waals surface area contributed by atoms with E-state index in [1.165, 1.54) is 18.4 Å². The molecule has 0 aromatic heterocycles. The summed E-state index contributed by atoms with van der Waals surface area (Å²) in [4.78, 5) is 2.48. The number of nitrogens with zero attached hydrogens (tertiary/aromatic N) is 1. The topological polar surface area (TPSA) is 43.0 Å². The van der Waals surface area contributed by atoms with Gasteiger partial charge in [-0.15, -0.1) is 0 Å². The summed E-state index contributed by atoms with van der Waals surface area (Å²) in [6.07, 6.45) is 2.46. The fraction of sp³-hybridized carbons (Fsp3) is 0.455. The highest BCUT2D eigenvalue weighted by atomic mass is 16.5. The van der Waals surface area contributed by atoms with Crippen LogP contribution in [-0.4, -0.2) is 45.3 Å². The molecule has 1 heterocycles. The Labute approximate surface area is 162 Å². The van der Waals surface area contributed by atoms with Gasteiger partial charge in [0.05, 0.1) is 14.2 Å². The summed E-state index contributed by atoms with van der Waals surface area (Å²) in [7, 11) is 5.39. The highest BCUT2D eigenvalue weighted by Crippen LogP contribution is 2.39. The van der Waals surface area contributed by atoms with Crippen molar-refractivity contribution in [1.29, 1.82) is 0 Å².